The highest BCUT2D eigenvalue weighted by Gasteiger charge is 2.14. The van der Waals surface area contributed by atoms with Crippen molar-refractivity contribution < 1.29 is 22.7 Å². The second kappa shape index (κ2) is 7.70. The van der Waals surface area contributed by atoms with Crippen molar-refractivity contribution in [3.05, 3.63) is 72.6 Å². The van der Waals surface area contributed by atoms with E-state index in [-0.39, 0.29) is 12.3 Å². The van der Waals surface area contributed by atoms with E-state index in [0.29, 0.717) is 27.9 Å². The molecule has 0 aliphatic heterocycles. The second-order valence-corrected chi connectivity index (χ2v) is 6.09. The predicted molar refractivity (Wildman–Crippen MR) is 98.1 cm³/mol. The molecule has 0 saturated carbocycles. The predicted octanol–water partition coefficient (Wildman–Crippen LogP) is 4.12. The summed E-state index contributed by atoms with van der Waals surface area (Å²) in [5, 5.41) is 4.19. The number of hydrogen-bond donors (Lipinski definition) is 0. The molecule has 0 bridgehead atoms. The second-order valence-electron chi connectivity index (χ2n) is 6.09. The SMILES string of the molecule is O=C(Cn1ncc2ncc(-c3ccc(F)c(OC(F)F)c3)cc21)c1ccccn1. The summed E-state index contributed by atoms with van der Waals surface area (Å²) in [7, 11) is 0. The van der Waals surface area contributed by atoms with Crippen molar-refractivity contribution >= 4 is 16.8 Å². The standard InChI is InChI=1S/C20H13F3N4O2/c21-14-5-4-12(8-19(14)29-20(22)23)13-7-17-16(25-9-13)10-26-27(17)11-18(28)15-3-1-2-6-24-15/h1-10,20H,11H2. The number of carbonyl (C=O) groups is 1. The average molecular weight is 398 g/mol. The Labute approximate surface area is 162 Å². The molecule has 0 radical (unpaired) electrons. The van der Waals surface area contributed by atoms with E-state index in [1.54, 1.807) is 24.3 Å². The third-order valence-electron chi connectivity index (χ3n) is 4.22. The van der Waals surface area contributed by atoms with E-state index in [0.717, 1.165) is 6.07 Å². The molecule has 0 atom stereocenters. The molecule has 3 heterocycles. The van der Waals surface area contributed by atoms with Gasteiger partial charge < -0.3 is 4.74 Å². The molecule has 29 heavy (non-hydrogen) atoms. The smallest absolute Gasteiger partial charge is 0.387 e. The fraction of sp³-hybridized carbons (Fsp3) is 0.100. The monoisotopic (exact) mass is 398 g/mol. The zero-order chi connectivity index (χ0) is 20.4. The molecule has 4 aromatic rings. The molecule has 1 aromatic carbocycles. The van der Waals surface area contributed by atoms with Crippen LogP contribution >= 0.6 is 0 Å². The van der Waals surface area contributed by atoms with Crippen LogP contribution in [0, 0.1) is 5.82 Å². The summed E-state index contributed by atoms with van der Waals surface area (Å²) in [6, 6.07) is 10.4. The third-order valence-corrected chi connectivity index (χ3v) is 4.22. The normalized spacial score (nSPS) is 11.2. The van der Waals surface area contributed by atoms with Gasteiger partial charge in [-0.3, -0.25) is 19.4 Å². The molecular weight excluding hydrogens is 385 g/mol. The molecule has 9 heteroatoms. The number of ketones is 1. The van der Waals surface area contributed by atoms with Crippen LogP contribution in [0.1, 0.15) is 10.5 Å². The summed E-state index contributed by atoms with van der Waals surface area (Å²) < 4.78 is 44.3. The van der Waals surface area contributed by atoms with Crippen molar-refractivity contribution in [3.8, 4) is 16.9 Å². The fourth-order valence-electron chi connectivity index (χ4n) is 2.85. The summed E-state index contributed by atoms with van der Waals surface area (Å²) >= 11 is 0. The Balaban J connectivity index is 1.68. The lowest BCUT2D eigenvalue weighted by Crippen LogP contribution is -2.12. The maximum atomic E-state index is 13.7. The number of alkyl halides is 2. The van der Waals surface area contributed by atoms with Gasteiger partial charge in [-0.2, -0.15) is 13.9 Å². The molecule has 6 nitrogen and oxygen atoms in total. The van der Waals surface area contributed by atoms with Gasteiger partial charge in [-0.05, 0) is 35.9 Å². The lowest BCUT2D eigenvalue weighted by Gasteiger charge is -2.09. The molecule has 3 aromatic heterocycles. The number of pyridine rings is 2. The van der Waals surface area contributed by atoms with Crippen molar-refractivity contribution in [1.29, 1.82) is 0 Å². The van der Waals surface area contributed by atoms with E-state index < -0.39 is 18.2 Å². The highest BCUT2D eigenvalue weighted by atomic mass is 19.3. The van der Waals surface area contributed by atoms with Crippen LogP contribution in [0.3, 0.4) is 0 Å². The van der Waals surface area contributed by atoms with Crippen LogP contribution < -0.4 is 4.74 Å². The summed E-state index contributed by atoms with van der Waals surface area (Å²) in [6.45, 7) is -3.19. The highest BCUT2D eigenvalue weighted by molar-refractivity contribution is 5.94. The molecule has 0 unspecified atom stereocenters. The number of aromatic nitrogens is 4. The first-order valence-corrected chi connectivity index (χ1v) is 8.52. The van der Waals surface area contributed by atoms with Gasteiger partial charge in [-0.1, -0.05) is 12.1 Å². The molecule has 0 spiro atoms. The van der Waals surface area contributed by atoms with Crippen molar-refractivity contribution in [1.82, 2.24) is 19.7 Å². The number of fused-ring (bicyclic) bond motifs is 1. The van der Waals surface area contributed by atoms with E-state index in [9.17, 15) is 18.0 Å². The molecule has 4 rings (SSSR count). The topological polar surface area (TPSA) is 69.9 Å². The van der Waals surface area contributed by atoms with Crippen LogP contribution in [0.25, 0.3) is 22.2 Å². The zero-order valence-corrected chi connectivity index (χ0v) is 14.8. The largest absolute Gasteiger partial charge is 0.432 e. The Morgan fingerprint density at radius 2 is 1.93 bits per heavy atom. The van der Waals surface area contributed by atoms with Gasteiger partial charge in [0.05, 0.1) is 11.7 Å². The molecule has 0 saturated heterocycles. The summed E-state index contributed by atoms with van der Waals surface area (Å²) in [5.41, 5.74) is 2.39. The molecule has 0 fully saturated rings. The van der Waals surface area contributed by atoms with Gasteiger partial charge in [0.1, 0.15) is 17.8 Å². The Hall–Kier alpha value is -3.75. The quantitative estimate of drug-likeness (QED) is 0.457. The van der Waals surface area contributed by atoms with Gasteiger partial charge >= 0.3 is 6.61 Å². The summed E-state index contributed by atoms with van der Waals surface area (Å²) in [4.78, 5) is 20.7. The minimum atomic E-state index is -3.14. The molecule has 0 amide bonds. The van der Waals surface area contributed by atoms with Gasteiger partial charge in [-0.15, -0.1) is 0 Å². The fourth-order valence-corrected chi connectivity index (χ4v) is 2.85. The lowest BCUT2D eigenvalue weighted by atomic mass is 10.1. The van der Waals surface area contributed by atoms with E-state index in [4.69, 9.17) is 0 Å². The Morgan fingerprint density at radius 3 is 2.69 bits per heavy atom. The number of carbonyl (C=O) groups excluding carboxylic acids is 1. The number of benzene rings is 1. The van der Waals surface area contributed by atoms with Crippen LogP contribution in [0.5, 0.6) is 5.75 Å². The van der Waals surface area contributed by atoms with E-state index in [1.165, 1.54) is 35.4 Å². The minimum absolute atomic E-state index is 0.0468. The first-order chi connectivity index (χ1) is 14.0. The van der Waals surface area contributed by atoms with Gasteiger partial charge in [0.2, 0.25) is 5.78 Å². The maximum Gasteiger partial charge on any atom is 0.387 e. The summed E-state index contributed by atoms with van der Waals surface area (Å²) in [5.74, 6) is -1.68. The van der Waals surface area contributed by atoms with E-state index in [1.807, 2.05) is 0 Å². The van der Waals surface area contributed by atoms with Gasteiger partial charge in [-0.25, -0.2) is 4.39 Å². The number of rotatable bonds is 6. The average Bonchev–Trinajstić information content (AvgIpc) is 3.12. The first kappa shape index (κ1) is 18.6. The Kier molecular flexibility index (Phi) is 4.94. The van der Waals surface area contributed by atoms with Gasteiger partial charge in [0, 0.05) is 18.0 Å². The number of halogens is 3. The van der Waals surface area contributed by atoms with Crippen molar-refractivity contribution in [2.75, 3.05) is 0 Å². The highest BCUT2D eigenvalue weighted by Crippen LogP contribution is 2.29. The number of ether oxygens (including phenoxy) is 1. The van der Waals surface area contributed by atoms with E-state index >= 15 is 0 Å². The lowest BCUT2D eigenvalue weighted by molar-refractivity contribution is -0.0521. The van der Waals surface area contributed by atoms with Crippen LogP contribution in [0.4, 0.5) is 13.2 Å². The number of Topliss-reactive ketones (excluding diaryl/α,β-unsaturated/α-hetero) is 1. The van der Waals surface area contributed by atoms with E-state index in [2.05, 4.69) is 19.8 Å². The molecule has 0 N–H and O–H groups in total. The zero-order valence-electron chi connectivity index (χ0n) is 14.8. The molecule has 0 aliphatic rings. The van der Waals surface area contributed by atoms with Crippen LogP contribution in [0.15, 0.2) is 61.1 Å². The third kappa shape index (κ3) is 3.93. The number of hydrogen-bond acceptors (Lipinski definition) is 5. The first-order valence-electron chi connectivity index (χ1n) is 8.52. The number of nitrogens with zero attached hydrogens (tertiary/aromatic N) is 4. The molecular formula is C20H13F3N4O2. The van der Waals surface area contributed by atoms with Crippen molar-refractivity contribution in [2.45, 2.75) is 13.2 Å². The Bertz CT molecular complexity index is 1180. The maximum absolute atomic E-state index is 13.7. The Morgan fingerprint density at radius 1 is 1.07 bits per heavy atom. The molecule has 146 valence electrons. The van der Waals surface area contributed by atoms with Gasteiger partial charge in [0.25, 0.3) is 0 Å². The van der Waals surface area contributed by atoms with Crippen molar-refractivity contribution in [2.24, 2.45) is 0 Å². The van der Waals surface area contributed by atoms with Crippen LogP contribution in [-0.4, -0.2) is 32.1 Å². The van der Waals surface area contributed by atoms with Crippen LogP contribution in [-0.2, 0) is 6.54 Å². The molecule has 0 aliphatic carbocycles. The van der Waals surface area contributed by atoms with Crippen molar-refractivity contribution in [3.63, 3.8) is 0 Å². The summed E-state index contributed by atoms with van der Waals surface area (Å²) in [6.07, 6.45) is 4.55. The minimum Gasteiger partial charge on any atom is -0.432 e. The van der Waals surface area contributed by atoms with Crippen LogP contribution in [0.2, 0.25) is 0 Å². The van der Waals surface area contributed by atoms with Gasteiger partial charge in [0.15, 0.2) is 11.6 Å².